The number of hydrogen-bond donors (Lipinski definition) is 0. The molecule has 0 bridgehead atoms. The van der Waals surface area contributed by atoms with Crippen molar-refractivity contribution in [3.63, 3.8) is 0 Å². The van der Waals surface area contributed by atoms with E-state index < -0.39 is 0 Å². The largest absolute Gasteiger partial charge is 0.294 e. The zero-order chi connectivity index (χ0) is 10.3. The summed E-state index contributed by atoms with van der Waals surface area (Å²) in [7, 11) is 1.83. The lowest BCUT2D eigenvalue weighted by molar-refractivity contribution is 0.101. The van der Waals surface area contributed by atoms with Crippen molar-refractivity contribution in [2.75, 3.05) is 0 Å². The molecule has 2 aromatic rings. The van der Waals surface area contributed by atoms with Crippen LogP contribution in [0.15, 0.2) is 22.8 Å². The molecule has 1 aromatic heterocycles. The summed E-state index contributed by atoms with van der Waals surface area (Å²) in [5.41, 5.74) is 1.59. The Hall–Kier alpha value is -1.16. The lowest BCUT2D eigenvalue weighted by atomic mass is 10.1. The Bertz CT molecular complexity index is 516. The third kappa shape index (κ3) is 1.26. The number of para-hydroxylation sites is 1. The third-order valence-corrected chi connectivity index (χ3v) is 2.78. The Morgan fingerprint density at radius 3 is 2.86 bits per heavy atom. The van der Waals surface area contributed by atoms with E-state index in [1.54, 1.807) is 11.6 Å². The Morgan fingerprint density at radius 1 is 1.50 bits per heavy atom. The van der Waals surface area contributed by atoms with Crippen molar-refractivity contribution in [2.45, 2.75) is 6.92 Å². The smallest absolute Gasteiger partial charge is 0.161 e. The van der Waals surface area contributed by atoms with Crippen molar-refractivity contribution in [2.24, 2.45) is 7.05 Å². The van der Waals surface area contributed by atoms with Crippen LogP contribution < -0.4 is 0 Å². The summed E-state index contributed by atoms with van der Waals surface area (Å²) in [4.78, 5) is 11.4. The van der Waals surface area contributed by atoms with Crippen LogP contribution in [-0.2, 0) is 7.05 Å². The number of fused-ring (bicyclic) bond motifs is 1. The molecule has 72 valence electrons. The summed E-state index contributed by atoms with van der Waals surface area (Å²) in [6, 6.07) is 5.63. The first-order valence-electron chi connectivity index (χ1n) is 4.23. The van der Waals surface area contributed by atoms with Gasteiger partial charge in [-0.05, 0) is 35.0 Å². The predicted molar refractivity (Wildman–Crippen MR) is 58.4 cm³/mol. The molecule has 2 rings (SSSR count). The van der Waals surface area contributed by atoms with E-state index in [-0.39, 0.29) is 5.78 Å². The second-order valence-electron chi connectivity index (χ2n) is 3.17. The number of carbonyl (C=O) groups excluding carboxylic acids is 1. The maximum absolute atomic E-state index is 11.4. The van der Waals surface area contributed by atoms with E-state index in [4.69, 9.17) is 0 Å². The molecule has 0 atom stereocenters. The van der Waals surface area contributed by atoms with Gasteiger partial charge < -0.3 is 0 Å². The van der Waals surface area contributed by atoms with E-state index in [1.807, 2.05) is 25.2 Å². The second kappa shape index (κ2) is 3.20. The number of aromatic nitrogens is 2. The van der Waals surface area contributed by atoms with E-state index in [9.17, 15) is 4.79 Å². The van der Waals surface area contributed by atoms with Gasteiger partial charge in [-0.25, -0.2) is 0 Å². The second-order valence-corrected chi connectivity index (χ2v) is 3.92. The average Bonchev–Trinajstić information content (AvgIpc) is 2.43. The molecule has 0 saturated heterocycles. The van der Waals surface area contributed by atoms with Crippen LogP contribution in [0.25, 0.3) is 10.9 Å². The fourth-order valence-corrected chi connectivity index (χ4v) is 2.14. The zero-order valence-corrected chi connectivity index (χ0v) is 9.50. The van der Waals surface area contributed by atoms with Crippen LogP contribution in [-0.4, -0.2) is 15.6 Å². The molecule has 0 aliphatic carbocycles. The number of ketones is 1. The molecule has 14 heavy (non-hydrogen) atoms. The first kappa shape index (κ1) is 9.40. The topological polar surface area (TPSA) is 34.9 Å². The Kier molecular flexibility index (Phi) is 2.15. The Morgan fingerprint density at radius 2 is 2.21 bits per heavy atom. The van der Waals surface area contributed by atoms with Crippen LogP contribution in [0.3, 0.4) is 0 Å². The van der Waals surface area contributed by atoms with Gasteiger partial charge in [0.05, 0.1) is 5.52 Å². The fourth-order valence-electron chi connectivity index (χ4n) is 1.58. The summed E-state index contributed by atoms with van der Waals surface area (Å²) in [6.45, 7) is 1.57. The van der Waals surface area contributed by atoms with E-state index in [2.05, 4.69) is 21.0 Å². The zero-order valence-electron chi connectivity index (χ0n) is 7.91. The molecule has 4 heteroatoms. The molecule has 0 aliphatic heterocycles. The lowest BCUT2D eigenvalue weighted by Gasteiger charge is -1.99. The summed E-state index contributed by atoms with van der Waals surface area (Å²) >= 11 is 3.36. The highest BCUT2D eigenvalue weighted by atomic mass is 79.9. The van der Waals surface area contributed by atoms with Crippen LogP contribution in [0.5, 0.6) is 0 Å². The minimum atomic E-state index is 0.0612. The standard InChI is InChI=1S/C10H9BrN2O/c1-6(14)7-4-3-5-8-9(7)13(2)12-10(8)11/h3-5H,1-2H3. The van der Waals surface area contributed by atoms with Crippen molar-refractivity contribution >= 4 is 32.6 Å². The van der Waals surface area contributed by atoms with Gasteiger partial charge in [0.25, 0.3) is 0 Å². The molecule has 0 unspecified atom stereocenters. The first-order chi connectivity index (χ1) is 6.61. The van der Waals surface area contributed by atoms with Crippen LogP contribution >= 0.6 is 15.9 Å². The highest BCUT2D eigenvalue weighted by Gasteiger charge is 2.12. The van der Waals surface area contributed by atoms with Gasteiger partial charge in [0.2, 0.25) is 0 Å². The number of halogens is 1. The van der Waals surface area contributed by atoms with Crippen molar-refractivity contribution < 1.29 is 4.79 Å². The number of carbonyl (C=O) groups is 1. The fraction of sp³-hybridized carbons (Fsp3) is 0.200. The first-order valence-corrected chi connectivity index (χ1v) is 5.02. The molecule has 0 fully saturated rings. The van der Waals surface area contributed by atoms with E-state index in [1.165, 1.54) is 0 Å². The van der Waals surface area contributed by atoms with Gasteiger partial charge in [0, 0.05) is 18.0 Å². The molecule has 0 amide bonds. The van der Waals surface area contributed by atoms with Crippen molar-refractivity contribution in [3.8, 4) is 0 Å². The van der Waals surface area contributed by atoms with Gasteiger partial charge in [-0.1, -0.05) is 6.07 Å². The van der Waals surface area contributed by atoms with Crippen LogP contribution in [0.2, 0.25) is 0 Å². The van der Waals surface area contributed by atoms with Crippen LogP contribution in [0.4, 0.5) is 0 Å². The number of rotatable bonds is 1. The molecule has 1 heterocycles. The van der Waals surface area contributed by atoms with Crippen molar-refractivity contribution in [1.29, 1.82) is 0 Å². The molecular formula is C10H9BrN2O. The van der Waals surface area contributed by atoms with Gasteiger partial charge in [-0.3, -0.25) is 9.48 Å². The lowest BCUT2D eigenvalue weighted by Crippen LogP contribution is -1.98. The molecule has 1 aromatic carbocycles. The highest BCUT2D eigenvalue weighted by molar-refractivity contribution is 9.10. The van der Waals surface area contributed by atoms with Crippen LogP contribution in [0, 0.1) is 0 Å². The maximum Gasteiger partial charge on any atom is 0.161 e. The van der Waals surface area contributed by atoms with E-state index in [0.717, 1.165) is 15.5 Å². The van der Waals surface area contributed by atoms with Crippen molar-refractivity contribution in [3.05, 3.63) is 28.4 Å². The SMILES string of the molecule is CC(=O)c1cccc2c(Br)nn(C)c12. The van der Waals surface area contributed by atoms with Gasteiger partial charge in [-0.2, -0.15) is 5.10 Å². The Balaban J connectivity index is 2.92. The summed E-state index contributed by atoms with van der Waals surface area (Å²) in [5.74, 6) is 0.0612. The molecule has 3 nitrogen and oxygen atoms in total. The monoisotopic (exact) mass is 252 g/mol. The summed E-state index contributed by atoms with van der Waals surface area (Å²) in [5, 5.41) is 5.19. The Labute approximate surface area is 89.8 Å². The van der Waals surface area contributed by atoms with Gasteiger partial charge in [0.1, 0.15) is 4.60 Å². The quantitative estimate of drug-likeness (QED) is 0.732. The minimum absolute atomic E-state index is 0.0612. The highest BCUT2D eigenvalue weighted by Crippen LogP contribution is 2.25. The van der Waals surface area contributed by atoms with Crippen LogP contribution in [0.1, 0.15) is 17.3 Å². The van der Waals surface area contributed by atoms with Crippen molar-refractivity contribution in [1.82, 2.24) is 9.78 Å². The summed E-state index contributed by atoms with van der Waals surface area (Å²) in [6.07, 6.45) is 0. The number of aryl methyl sites for hydroxylation is 1. The number of benzene rings is 1. The van der Waals surface area contributed by atoms with E-state index in [0.29, 0.717) is 5.56 Å². The minimum Gasteiger partial charge on any atom is -0.294 e. The van der Waals surface area contributed by atoms with E-state index >= 15 is 0 Å². The van der Waals surface area contributed by atoms with Gasteiger partial charge in [0.15, 0.2) is 5.78 Å². The molecule has 0 saturated carbocycles. The van der Waals surface area contributed by atoms with Gasteiger partial charge in [-0.15, -0.1) is 0 Å². The molecule has 0 N–H and O–H groups in total. The molecule has 0 spiro atoms. The molecule has 0 radical (unpaired) electrons. The number of hydrogen-bond acceptors (Lipinski definition) is 2. The normalized spacial score (nSPS) is 10.8. The molecular weight excluding hydrogens is 244 g/mol. The van der Waals surface area contributed by atoms with Gasteiger partial charge >= 0.3 is 0 Å². The average molecular weight is 253 g/mol. The summed E-state index contributed by atoms with van der Waals surface area (Å²) < 4.78 is 2.49. The number of Topliss-reactive ketones (excluding diaryl/α,β-unsaturated/α-hetero) is 1. The predicted octanol–water partition coefficient (Wildman–Crippen LogP) is 2.54. The number of nitrogens with zero attached hydrogens (tertiary/aromatic N) is 2. The molecule has 0 aliphatic rings. The maximum atomic E-state index is 11.4. The third-order valence-electron chi connectivity index (χ3n) is 2.20.